The first-order valence-electron chi connectivity index (χ1n) is 4.71. The molecule has 0 heterocycles. The lowest BCUT2D eigenvalue weighted by molar-refractivity contribution is 0.280. The number of benzene rings is 1. The third kappa shape index (κ3) is 1.52. The van der Waals surface area contributed by atoms with Crippen LogP contribution in [0.3, 0.4) is 0 Å². The molecule has 0 spiro atoms. The number of fused-ring (bicyclic) bond motifs is 1. The molecule has 0 amide bonds. The SMILES string of the molecule is CC1C=Cc2cccc(CO)c2C1. The van der Waals surface area contributed by atoms with E-state index in [-0.39, 0.29) is 6.61 Å². The molecule has 2 rings (SSSR count). The molecule has 1 unspecified atom stereocenters. The van der Waals surface area contributed by atoms with Gasteiger partial charge >= 0.3 is 0 Å². The van der Waals surface area contributed by atoms with Crippen LogP contribution in [0.5, 0.6) is 0 Å². The molecule has 0 bridgehead atoms. The van der Waals surface area contributed by atoms with E-state index in [0.29, 0.717) is 5.92 Å². The minimum Gasteiger partial charge on any atom is -0.392 e. The summed E-state index contributed by atoms with van der Waals surface area (Å²) >= 11 is 0. The van der Waals surface area contributed by atoms with E-state index in [1.54, 1.807) is 0 Å². The van der Waals surface area contributed by atoms with Crippen molar-refractivity contribution in [2.24, 2.45) is 5.92 Å². The van der Waals surface area contributed by atoms with Crippen molar-refractivity contribution in [2.45, 2.75) is 20.0 Å². The van der Waals surface area contributed by atoms with E-state index >= 15 is 0 Å². The number of hydrogen-bond donors (Lipinski definition) is 1. The van der Waals surface area contributed by atoms with E-state index in [2.05, 4.69) is 25.1 Å². The zero-order valence-corrected chi connectivity index (χ0v) is 7.83. The third-order valence-corrected chi connectivity index (χ3v) is 2.61. The fourth-order valence-corrected chi connectivity index (χ4v) is 1.87. The van der Waals surface area contributed by atoms with Gasteiger partial charge in [0.2, 0.25) is 0 Å². The van der Waals surface area contributed by atoms with Gasteiger partial charge in [-0.05, 0) is 29.0 Å². The lowest BCUT2D eigenvalue weighted by atomic mass is 9.88. The van der Waals surface area contributed by atoms with Crippen molar-refractivity contribution >= 4 is 6.08 Å². The summed E-state index contributed by atoms with van der Waals surface area (Å²) in [5.74, 6) is 0.597. The van der Waals surface area contributed by atoms with Crippen LogP contribution in [0.4, 0.5) is 0 Å². The van der Waals surface area contributed by atoms with Crippen molar-refractivity contribution in [3.05, 3.63) is 41.0 Å². The zero-order valence-electron chi connectivity index (χ0n) is 7.83. The Labute approximate surface area is 78.7 Å². The number of rotatable bonds is 1. The Balaban J connectivity index is 2.49. The highest BCUT2D eigenvalue weighted by Gasteiger charge is 2.12. The molecule has 1 aliphatic rings. The maximum absolute atomic E-state index is 9.16. The van der Waals surface area contributed by atoms with Crippen molar-refractivity contribution in [1.29, 1.82) is 0 Å². The Morgan fingerprint density at radius 3 is 3.08 bits per heavy atom. The van der Waals surface area contributed by atoms with E-state index in [1.807, 2.05) is 12.1 Å². The van der Waals surface area contributed by atoms with Gasteiger partial charge in [-0.15, -0.1) is 0 Å². The largest absolute Gasteiger partial charge is 0.392 e. The van der Waals surface area contributed by atoms with Crippen LogP contribution in [-0.2, 0) is 13.0 Å². The highest BCUT2D eigenvalue weighted by atomic mass is 16.3. The van der Waals surface area contributed by atoms with Gasteiger partial charge in [0.05, 0.1) is 6.61 Å². The topological polar surface area (TPSA) is 20.2 Å². The molecule has 13 heavy (non-hydrogen) atoms. The normalized spacial score (nSPS) is 20.0. The van der Waals surface area contributed by atoms with Crippen molar-refractivity contribution < 1.29 is 5.11 Å². The highest BCUT2D eigenvalue weighted by molar-refractivity contribution is 5.58. The summed E-state index contributed by atoms with van der Waals surface area (Å²) in [4.78, 5) is 0. The summed E-state index contributed by atoms with van der Waals surface area (Å²) < 4.78 is 0. The van der Waals surface area contributed by atoms with E-state index in [4.69, 9.17) is 5.11 Å². The Bertz CT molecular complexity index is 339. The van der Waals surface area contributed by atoms with Crippen LogP contribution in [0.15, 0.2) is 24.3 Å². The number of allylic oxidation sites excluding steroid dienone is 1. The molecule has 0 saturated carbocycles. The van der Waals surface area contributed by atoms with Crippen LogP contribution in [0.25, 0.3) is 6.08 Å². The molecule has 1 aliphatic carbocycles. The molecular formula is C12H14O. The van der Waals surface area contributed by atoms with Crippen LogP contribution in [0, 0.1) is 5.92 Å². The summed E-state index contributed by atoms with van der Waals surface area (Å²) in [7, 11) is 0. The quantitative estimate of drug-likeness (QED) is 0.693. The van der Waals surface area contributed by atoms with Gasteiger partial charge in [-0.2, -0.15) is 0 Å². The molecule has 1 heteroatoms. The molecule has 1 N–H and O–H groups in total. The molecule has 68 valence electrons. The Kier molecular flexibility index (Phi) is 2.19. The maximum atomic E-state index is 9.16. The predicted octanol–water partition coefficient (Wildman–Crippen LogP) is 2.38. The second kappa shape index (κ2) is 3.35. The van der Waals surface area contributed by atoms with Gasteiger partial charge in [0, 0.05) is 0 Å². The highest BCUT2D eigenvalue weighted by Crippen LogP contribution is 2.25. The van der Waals surface area contributed by atoms with Gasteiger partial charge in [0.1, 0.15) is 0 Å². The number of aliphatic hydroxyl groups excluding tert-OH is 1. The molecule has 0 saturated heterocycles. The average Bonchev–Trinajstić information content (AvgIpc) is 2.17. The monoisotopic (exact) mass is 174 g/mol. The van der Waals surface area contributed by atoms with Gasteiger partial charge in [-0.25, -0.2) is 0 Å². The molecular weight excluding hydrogens is 160 g/mol. The first-order chi connectivity index (χ1) is 6.31. The molecule has 1 nitrogen and oxygen atoms in total. The molecule has 0 fully saturated rings. The first-order valence-corrected chi connectivity index (χ1v) is 4.71. The van der Waals surface area contributed by atoms with Gasteiger partial charge in [0.25, 0.3) is 0 Å². The summed E-state index contributed by atoms with van der Waals surface area (Å²) in [6.45, 7) is 2.36. The summed E-state index contributed by atoms with van der Waals surface area (Å²) in [5.41, 5.74) is 3.67. The zero-order chi connectivity index (χ0) is 9.26. The fourth-order valence-electron chi connectivity index (χ4n) is 1.87. The smallest absolute Gasteiger partial charge is 0.0684 e. The lowest BCUT2D eigenvalue weighted by Gasteiger charge is -2.18. The predicted molar refractivity (Wildman–Crippen MR) is 54.3 cm³/mol. The average molecular weight is 174 g/mol. The van der Waals surface area contributed by atoms with Gasteiger partial charge in [0.15, 0.2) is 0 Å². The number of aliphatic hydroxyl groups is 1. The van der Waals surface area contributed by atoms with Crippen molar-refractivity contribution in [1.82, 2.24) is 0 Å². The Hall–Kier alpha value is -1.08. The first kappa shape index (κ1) is 8.52. The second-order valence-electron chi connectivity index (χ2n) is 3.68. The molecule has 0 aliphatic heterocycles. The van der Waals surface area contributed by atoms with E-state index in [9.17, 15) is 0 Å². The molecule has 1 aromatic carbocycles. The summed E-state index contributed by atoms with van der Waals surface area (Å²) in [6, 6.07) is 6.12. The van der Waals surface area contributed by atoms with Gasteiger partial charge in [-0.1, -0.05) is 37.3 Å². The van der Waals surface area contributed by atoms with E-state index in [0.717, 1.165) is 12.0 Å². The van der Waals surface area contributed by atoms with Gasteiger partial charge < -0.3 is 5.11 Å². The van der Waals surface area contributed by atoms with Crippen molar-refractivity contribution in [3.8, 4) is 0 Å². The molecule has 1 atom stereocenters. The maximum Gasteiger partial charge on any atom is 0.0684 e. The van der Waals surface area contributed by atoms with Crippen molar-refractivity contribution in [2.75, 3.05) is 0 Å². The van der Waals surface area contributed by atoms with Gasteiger partial charge in [-0.3, -0.25) is 0 Å². The van der Waals surface area contributed by atoms with Crippen LogP contribution < -0.4 is 0 Å². The second-order valence-corrected chi connectivity index (χ2v) is 3.68. The standard InChI is InChI=1S/C12H14O/c1-9-5-6-10-3-2-4-11(8-13)12(10)7-9/h2-6,9,13H,7-8H2,1H3. The third-order valence-electron chi connectivity index (χ3n) is 2.61. The van der Waals surface area contributed by atoms with Crippen LogP contribution in [0.2, 0.25) is 0 Å². The summed E-state index contributed by atoms with van der Waals surface area (Å²) in [5, 5.41) is 9.16. The minimum absolute atomic E-state index is 0.156. The lowest BCUT2D eigenvalue weighted by Crippen LogP contribution is -2.06. The van der Waals surface area contributed by atoms with Crippen molar-refractivity contribution in [3.63, 3.8) is 0 Å². The fraction of sp³-hybridized carbons (Fsp3) is 0.333. The van der Waals surface area contributed by atoms with Crippen LogP contribution in [-0.4, -0.2) is 5.11 Å². The van der Waals surface area contributed by atoms with Crippen LogP contribution >= 0.6 is 0 Å². The Morgan fingerprint density at radius 2 is 2.31 bits per heavy atom. The Morgan fingerprint density at radius 1 is 1.46 bits per heavy atom. The van der Waals surface area contributed by atoms with E-state index in [1.165, 1.54) is 11.1 Å². The summed E-state index contributed by atoms with van der Waals surface area (Å²) in [6.07, 6.45) is 5.44. The molecule has 0 radical (unpaired) electrons. The molecule has 1 aromatic rings. The van der Waals surface area contributed by atoms with Crippen LogP contribution in [0.1, 0.15) is 23.6 Å². The van der Waals surface area contributed by atoms with E-state index < -0.39 is 0 Å². The number of hydrogen-bond acceptors (Lipinski definition) is 1. The minimum atomic E-state index is 0.156. The molecule has 0 aromatic heterocycles.